The summed E-state index contributed by atoms with van der Waals surface area (Å²) in [7, 11) is 0. The van der Waals surface area contributed by atoms with E-state index in [1.807, 2.05) is 0 Å². The van der Waals surface area contributed by atoms with E-state index in [1.54, 1.807) is 0 Å². The molecular weight excluding hydrogens is 253 g/mol. The Morgan fingerprint density at radius 1 is 1.00 bits per heavy atom. The second-order valence-electron chi connectivity index (χ2n) is 5.41. The number of ether oxygens (including phenoxy) is 1. The lowest BCUT2D eigenvalue weighted by molar-refractivity contribution is -0.137. The Bertz CT molecular complexity index is 368. The summed E-state index contributed by atoms with van der Waals surface area (Å²) in [6, 6.07) is 4.85. The van der Waals surface area contributed by atoms with Crippen molar-refractivity contribution in [3.8, 4) is 5.75 Å². The van der Waals surface area contributed by atoms with Gasteiger partial charge in [0.15, 0.2) is 0 Å². The van der Waals surface area contributed by atoms with Crippen LogP contribution in [0.3, 0.4) is 0 Å². The lowest BCUT2D eigenvalue weighted by Gasteiger charge is -2.14. The van der Waals surface area contributed by atoms with Gasteiger partial charge in [-0.15, -0.1) is 0 Å². The number of benzene rings is 1. The van der Waals surface area contributed by atoms with Crippen molar-refractivity contribution in [1.29, 1.82) is 0 Å². The summed E-state index contributed by atoms with van der Waals surface area (Å²) in [6.45, 7) is 6.97. The zero-order valence-corrected chi connectivity index (χ0v) is 11.6. The average Bonchev–Trinajstić information content (AvgIpc) is 2.33. The Balaban J connectivity index is 2.42. The van der Waals surface area contributed by atoms with Crippen LogP contribution in [-0.2, 0) is 6.18 Å². The molecule has 1 aromatic carbocycles. The van der Waals surface area contributed by atoms with Crippen LogP contribution >= 0.6 is 0 Å². The SMILES string of the molecule is CC(C)CCC(C)COc1ccc(C(F)(F)F)cc1. The van der Waals surface area contributed by atoms with Gasteiger partial charge in [-0.3, -0.25) is 0 Å². The van der Waals surface area contributed by atoms with Gasteiger partial charge in [-0.1, -0.05) is 27.2 Å². The van der Waals surface area contributed by atoms with Gasteiger partial charge < -0.3 is 4.74 Å². The number of alkyl halides is 3. The van der Waals surface area contributed by atoms with Crippen molar-refractivity contribution in [2.24, 2.45) is 11.8 Å². The first-order valence-electron chi connectivity index (χ1n) is 6.59. The molecule has 1 unspecified atom stereocenters. The monoisotopic (exact) mass is 274 g/mol. The summed E-state index contributed by atoms with van der Waals surface area (Å²) >= 11 is 0. The molecule has 0 aliphatic heterocycles. The van der Waals surface area contributed by atoms with E-state index in [0.29, 0.717) is 24.2 Å². The third-order valence-corrected chi connectivity index (χ3v) is 2.95. The molecule has 108 valence electrons. The Morgan fingerprint density at radius 3 is 2.05 bits per heavy atom. The molecule has 0 aromatic heterocycles. The van der Waals surface area contributed by atoms with Crippen molar-refractivity contribution < 1.29 is 17.9 Å². The lowest BCUT2D eigenvalue weighted by Crippen LogP contribution is -2.10. The summed E-state index contributed by atoms with van der Waals surface area (Å²) in [5.74, 6) is 1.56. The number of rotatable bonds is 6. The van der Waals surface area contributed by atoms with Crippen molar-refractivity contribution in [2.45, 2.75) is 39.8 Å². The van der Waals surface area contributed by atoms with Crippen molar-refractivity contribution >= 4 is 0 Å². The molecule has 4 heteroatoms. The Morgan fingerprint density at radius 2 is 1.58 bits per heavy atom. The van der Waals surface area contributed by atoms with E-state index < -0.39 is 11.7 Å². The van der Waals surface area contributed by atoms with Gasteiger partial charge in [-0.05, 0) is 42.5 Å². The fraction of sp³-hybridized carbons (Fsp3) is 0.600. The van der Waals surface area contributed by atoms with Crippen molar-refractivity contribution in [3.05, 3.63) is 29.8 Å². The van der Waals surface area contributed by atoms with Gasteiger partial charge in [-0.25, -0.2) is 0 Å². The molecule has 0 radical (unpaired) electrons. The van der Waals surface area contributed by atoms with Crippen LogP contribution in [0.25, 0.3) is 0 Å². The summed E-state index contributed by atoms with van der Waals surface area (Å²) in [6.07, 6.45) is -2.08. The lowest BCUT2D eigenvalue weighted by atomic mass is 10.0. The molecule has 0 fully saturated rings. The summed E-state index contributed by atoms with van der Waals surface area (Å²) in [5, 5.41) is 0. The zero-order valence-electron chi connectivity index (χ0n) is 11.6. The quantitative estimate of drug-likeness (QED) is 0.696. The smallest absolute Gasteiger partial charge is 0.416 e. The second-order valence-corrected chi connectivity index (χ2v) is 5.41. The van der Waals surface area contributed by atoms with Crippen LogP contribution in [0.1, 0.15) is 39.2 Å². The first-order chi connectivity index (χ1) is 8.79. The highest BCUT2D eigenvalue weighted by molar-refractivity contribution is 5.28. The summed E-state index contributed by atoms with van der Waals surface area (Å²) in [5.41, 5.74) is -0.646. The van der Waals surface area contributed by atoms with Gasteiger partial charge in [0.1, 0.15) is 5.75 Å². The van der Waals surface area contributed by atoms with Crippen LogP contribution in [0.5, 0.6) is 5.75 Å². The molecule has 1 aromatic rings. The first kappa shape index (κ1) is 15.9. The predicted octanol–water partition coefficient (Wildman–Crippen LogP) is 5.16. The normalized spacial score (nSPS) is 13.6. The minimum atomic E-state index is -4.29. The molecule has 0 heterocycles. The van der Waals surface area contributed by atoms with Crippen LogP contribution in [0.15, 0.2) is 24.3 Å². The molecule has 0 bridgehead atoms. The van der Waals surface area contributed by atoms with Crippen molar-refractivity contribution in [2.75, 3.05) is 6.61 Å². The Kier molecular flexibility index (Phi) is 5.70. The Labute approximate surface area is 112 Å². The molecule has 0 saturated carbocycles. The first-order valence-corrected chi connectivity index (χ1v) is 6.59. The standard InChI is InChI=1S/C15H21F3O/c1-11(2)4-5-12(3)10-19-14-8-6-13(7-9-14)15(16,17)18/h6-9,11-12H,4-5,10H2,1-3H3. The molecule has 0 saturated heterocycles. The van der Waals surface area contributed by atoms with Gasteiger partial charge >= 0.3 is 6.18 Å². The number of hydrogen-bond acceptors (Lipinski definition) is 1. The maximum Gasteiger partial charge on any atom is 0.416 e. The van der Waals surface area contributed by atoms with E-state index >= 15 is 0 Å². The topological polar surface area (TPSA) is 9.23 Å². The van der Waals surface area contributed by atoms with Gasteiger partial charge in [0.2, 0.25) is 0 Å². The highest BCUT2D eigenvalue weighted by Gasteiger charge is 2.29. The highest BCUT2D eigenvalue weighted by atomic mass is 19.4. The van der Waals surface area contributed by atoms with Crippen LogP contribution < -0.4 is 4.74 Å². The Hall–Kier alpha value is -1.19. The fourth-order valence-corrected chi connectivity index (χ4v) is 1.68. The van der Waals surface area contributed by atoms with Crippen LogP contribution in [0.2, 0.25) is 0 Å². The van der Waals surface area contributed by atoms with Gasteiger partial charge in [0.25, 0.3) is 0 Å². The third-order valence-electron chi connectivity index (χ3n) is 2.95. The van der Waals surface area contributed by atoms with Gasteiger partial charge in [0, 0.05) is 0 Å². The number of halogens is 3. The zero-order chi connectivity index (χ0) is 14.5. The van der Waals surface area contributed by atoms with Crippen LogP contribution in [0.4, 0.5) is 13.2 Å². The minimum Gasteiger partial charge on any atom is -0.493 e. The third kappa shape index (κ3) is 5.99. The molecule has 0 amide bonds. The second kappa shape index (κ2) is 6.83. The molecule has 0 spiro atoms. The molecule has 19 heavy (non-hydrogen) atoms. The number of hydrogen-bond donors (Lipinski definition) is 0. The molecular formula is C15H21F3O. The average molecular weight is 274 g/mol. The van der Waals surface area contributed by atoms with Gasteiger partial charge in [-0.2, -0.15) is 13.2 Å². The van der Waals surface area contributed by atoms with E-state index in [1.165, 1.54) is 12.1 Å². The van der Waals surface area contributed by atoms with Crippen LogP contribution in [-0.4, -0.2) is 6.61 Å². The maximum absolute atomic E-state index is 12.4. The highest BCUT2D eigenvalue weighted by Crippen LogP contribution is 2.30. The molecule has 0 aliphatic carbocycles. The van der Waals surface area contributed by atoms with E-state index in [0.717, 1.165) is 25.0 Å². The van der Waals surface area contributed by atoms with Gasteiger partial charge in [0.05, 0.1) is 12.2 Å². The largest absolute Gasteiger partial charge is 0.493 e. The molecule has 1 rings (SSSR count). The van der Waals surface area contributed by atoms with Crippen LogP contribution in [0, 0.1) is 11.8 Å². The fourth-order valence-electron chi connectivity index (χ4n) is 1.68. The van der Waals surface area contributed by atoms with E-state index in [-0.39, 0.29) is 0 Å². The minimum absolute atomic E-state index is 0.407. The molecule has 0 N–H and O–H groups in total. The van der Waals surface area contributed by atoms with E-state index in [2.05, 4.69) is 20.8 Å². The summed E-state index contributed by atoms with van der Waals surface area (Å²) < 4.78 is 42.6. The molecule has 1 atom stereocenters. The molecule has 1 nitrogen and oxygen atoms in total. The maximum atomic E-state index is 12.4. The summed E-state index contributed by atoms with van der Waals surface area (Å²) in [4.78, 5) is 0. The van der Waals surface area contributed by atoms with E-state index in [4.69, 9.17) is 4.74 Å². The van der Waals surface area contributed by atoms with E-state index in [9.17, 15) is 13.2 Å². The molecule has 0 aliphatic rings. The van der Waals surface area contributed by atoms with Crippen molar-refractivity contribution in [1.82, 2.24) is 0 Å². The van der Waals surface area contributed by atoms with Crippen molar-refractivity contribution in [3.63, 3.8) is 0 Å². The predicted molar refractivity (Wildman–Crippen MR) is 70.2 cm³/mol.